The number of ether oxygens (including phenoxy) is 1. The van der Waals surface area contributed by atoms with Gasteiger partial charge in [-0.15, -0.1) is 0 Å². The standard InChI is InChI=1S/C14H20ClNO/c1-4-7-16-13-10(3)8-17-14-11(15)6-5-9(2)12(13)14/h5-6,10,13,16H,4,7-8H2,1-3H3. The van der Waals surface area contributed by atoms with Gasteiger partial charge in [0, 0.05) is 17.5 Å². The van der Waals surface area contributed by atoms with Crippen molar-refractivity contribution in [3.63, 3.8) is 0 Å². The molecule has 1 aliphatic rings. The van der Waals surface area contributed by atoms with E-state index in [0.29, 0.717) is 12.0 Å². The quantitative estimate of drug-likeness (QED) is 0.887. The summed E-state index contributed by atoms with van der Waals surface area (Å²) in [5.41, 5.74) is 2.49. The SMILES string of the molecule is CCCNC1c2c(C)ccc(Cl)c2OCC1C. The molecule has 1 aliphatic heterocycles. The van der Waals surface area contributed by atoms with Gasteiger partial charge < -0.3 is 10.1 Å². The zero-order valence-electron chi connectivity index (χ0n) is 10.7. The lowest BCUT2D eigenvalue weighted by Gasteiger charge is -2.34. The molecule has 0 fully saturated rings. The average Bonchev–Trinajstić information content (AvgIpc) is 2.32. The zero-order chi connectivity index (χ0) is 12.4. The number of aryl methyl sites for hydroxylation is 1. The summed E-state index contributed by atoms with van der Waals surface area (Å²) < 4.78 is 5.79. The lowest BCUT2D eigenvalue weighted by molar-refractivity contribution is 0.188. The summed E-state index contributed by atoms with van der Waals surface area (Å²) in [6.07, 6.45) is 1.14. The van der Waals surface area contributed by atoms with Crippen molar-refractivity contribution < 1.29 is 4.74 Å². The van der Waals surface area contributed by atoms with Gasteiger partial charge in [-0.3, -0.25) is 0 Å². The Balaban J connectivity index is 2.39. The Bertz CT molecular complexity index is 405. The van der Waals surface area contributed by atoms with Gasteiger partial charge in [-0.25, -0.2) is 0 Å². The molecule has 0 radical (unpaired) electrons. The van der Waals surface area contributed by atoms with Crippen molar-refractivity contribution in [2.24, 2.45) is 5.92 Å². The number of fused-ring (bicyclic) bond motifs is 1. The van der Waals surface area contributed by atoms with E-state index in [4.69, 9.17) is 16.3 Å². The molecule has 1 N–H and O–H groups in total. The Hall–Kier alpha value is -0.730. The van der Waals surface area contributed by atoms with Gasteiger partial charge in [0.1, 0.15) is 5.75 Å². The topological polar surface area (TPSA) is 21.3 Å². The summed E-state index contributed by atoms with van der Waals surface area (Å²) >= 11 is 6.21. The van der Waals surface area contributed by atoms with Crippen LogP contribution in [0, 0.1) is 12.8 Å². The largest absolute Gasteiger partial charge is 0.491 e. The molecular weight excluding hydrogens is 234 g/mol. The summed E-state index contributed by atoms with van der Waals surface area (Å²) in [5.74, 6) is 1.35. The summed E-state index contributed by atoms with van der Waals surface area (Å²) in [4.78, 5) is 0. The van der Waals surface area contributed by atoms with Gasteiger partial charge in [-0.05, 0) is 31.5 Å². The van der Waals surface area contributed by atoms with Crippen molar-refractivity contribution in [1.82, 2.24) is 5.32 Å². The third kappa shape index (κ3) is 2.43. The molecular formula is C14H20ClNO. The lowest BCUT2D eigenvalue weighted by atomic mass is 9.89. The molecule has 0 aliphatic carbocycles. The highest BCUT2D eigenvalue weighted by molar-refractivity contribution is 6.32. The van der Waals surface area contributed by atoms with E-state index >= 15 is 0 Å². The smallest absolute Gasteiger partial charge is 0.142 e. The normalized spacial score (nSPS) is 23.1. The molecule has 0 bridgehead atoms. The summed E-state index contributed by atoms with van der Waals surface area (Å²) in [6, 6.07) is 4.35. The van der Waals surface area contributed by atoms with Gasteiger partial charge in [-0.2, -0.15) is 0 Å². The molecule has 2 rings (SSSR count). The van der Waals surface area contributed by atoms with Crippen LogP contribution in [0.1, 0.15) is 37.4 Å². The molecule has 0 amide bonds. The first-order valence-corrected chi connectivity index (χ1v) is 6.68. The summed E-state index contributed by atoms with van der Waals surface area (Å²) in [7, 11) is 0. The summed E-state index contributed by atoms with van der Waals surface area (Å²) in [5, 5.41) is 4.33. The van der Waals surface area contributed by atoms with Gasteiger partial charge in [0.05, 0.1) is 11.6 Å². The second-order valence-corrected chi connectivity index (χ2v) is 5.23. The van der Waals surface area contributed by atoms with E-state index in [0.717, 1.165) is 30.3 Å². The van der Waals surface area contributed by atoms with Crippen LogP contribution in [-0.4, -0.2) is 13.2 Å². The molecule has 94 valence electrons. The van der Waals surface area contributed by atoms with E-state index in [1.807, 2.05) is 6.07 Å². The molecule has 0 saturated carbocycles. The Morgan fingerprint density at radius 2 is 2.24 bits per heavy atom. The Labute approximate surface area is 108 Å². The number of hydrogen-bond donors (Lipinski definition) is 1. The first kappa shape index (κ1) is 12.7. The number of nitrogens with one attached hydrogen (secondary N) is 1. The molecule has 17 heavy (non-hydrogen) atoms. The predicted molar refractivity (Wildman–Crippen MR) is 71.9 cm³/mol. The van der Waals surface area contributed by atoms with Gasteiger partial charge in [0.25, 0.3) is 0 Å². The van der Waals surface area contributed by atoms with Crippen molar-refractivity contribution in [2.75, 3.05) is 13.2 Å². The van der Waals surface area contributed by atoms with E-state index in [1.165, 1.54) is 11.1 Å². The molecule has 2 unspecified atom stereocenters. The first-order chi connectivity index (χ1) is 8.15. The second-order valence-electron chi connectivity index (χ2n) is 4.83. The van der Waals surface area contributed by atoms with Crippen LogP contribution in [0.5, 0.6) is 5.75 Å². The molecule has 2 atom stereocenters. The lowest BCUT2D eigenvalue weighted by Crippen LogP contribution is -2.35. The van der Waals surface area contributed by atoms with E-state index in [2.05, 4.69) is 32.2 Å². The van der Waals surface area contributed by atoms with E-state index in [-0.39, 0.29) is 0 Å². The molecule has 0 aromatic heterocycles. The fraction of sp³-hybridized carbons (Fsp3) is 0.571. The van der Waals surface area contributed by atoms with Crippen molar-refractivity contribution >= 4 is 11.6 Å². The van der Waals surface area contributed by atoms with Crippen LogP contribution < -0.4 is 10.1 Å². The average molecular weight is 254 g/mol. The Morgan fingerprint density at radius 1 is 1.47 bits per heavy atom. The van der Waals surface area contributed by atoms with Crippen LogP contribution in [0.4, 0.5) is 0 Å². The highest BCUT2D eigenvalue weighted by Crippen LogP contribution is 2.41. The van der Waals surface area contributed by atoms with Crippen molar-refractivity contribution in [3.05, 3.63) is 28.3 Å². The first-order valence-electron chi connectivity index (χ1n) is 6.30. The minimum Gasteiger partial charge on any atom is -0.491 e. The van der Waals surface area contributed by atoms with Crippen LogP contribution >= 0.6 is 11.6 Å². The number of benzene rings is 1. The number of hydrogen-bond acceptors (Lipinski definition) is 2. The number of halogens is 1. The Morgan fingerprint density at radius 3 is 2.94 bits per heavy atom. The number of rotatable bonds is 3. The van der Waals surface area contributed by atoms with E-state index in [9.17, 15) is 0 Å². The monoisotopic (exact) mass is 253 g/mol. The molecule has 3 heteroatoms. The maximum Gasteiger partial charge on any atom is 0.142 e. The molecule has 1 aromatic rings. The van der Waals surface area contributed by atoms with Gasteiger partial charge in [-0.1, -0.05) is 31.5 Å². The zero-order valence-corrected chi connectivity index (χ0v) is 11.5. The van der Waals surface area contributed by atoms with Crippen LogP contribution in [0.25, 0.3) is 0 Å². The van der Waals surface area contributed by atoms with Crippen LogP contribution in [0.3, 0.4) is 0 Å². The highest BCUT2D eigenvalue weighted by atomic mass is 35.5. The minimum absolute atomic E-state index is 0.359. The maximum atomic E-state index is 6.21. The molecule has 0 saturated heterocycles. The molecule has 1 aromatic carbocycles. The summed E-state index contributed by atoms with van der Waals surface area (Å²) in [6.45, 7) is 8.29. The van der Waals surface area contributed by atoms with Crippen LogP contribution in [-0.2, 0) is 0 Å². The molecule has 1 heterocycles. The van der Waals surface area contributed by atoms with E-state index < -0.39 is 0 Å². The van der Waals surface area contributed by atoms with E-state index in [1.54, 1.807) is 0 Å². The Kier molecular flexibility index (Phi) is 3.95. The van der Waals surface area contributed by atoms with Crippen LogP contribution in [0.2, 0.25) is 5.02 Å². The van der Waals surface area contributed by atoms with Crippen molar-refractivity contribution in [3.8, 4) is 5.75 Å². The fourth-order valence-corrected chi connectivity index (χ4v) is 2.62. The van der Waals surface area contributed by atoms with Gasteiger partial charge in [0.2, 0.25) is 0 Å². The predicted octanol–water partition coefficient (Wildman–Crippen LogP) is 3.72. The second kappa shape index (κ2) is 5.28. The van der Waals surface area contributed by atoms with Crippen molar-refractivity contribution in [1.29, 1.82) is 0 Å². The maximum absolute atomic E-state index is 6.21. The minimum atomic E-state index is 0.359. The molecule has 2 nitrogen and oxygen atoms in total. The van der Waals surface area contributed by atoms with Gasteiger partial charge in [0.15, 0.2) is 0 Å². The third-order valence-electron chi connectivity index (χ3n) is 3.35. The highest BCUT2D eigenvalue weighted by Gasteiger charge is 2.30. The van der Waals surface area contributed by atoms with Crippen LogP contribution in [0.15, 0.2) is 12.1 Å². The third-order valence-corrected chi connectivity index (χ3v) is 3.65. The van der Waals surface area contributed by atoms with Gasteiger partial charge >= 0.3 is 0 Å². The fourth-order valence-electron chi connectivity index (χ4n) is 2.40. The molecule has 0 spiro atoms. The van der Waals surface area contributed by atoms with Crippen molar-refractivity contribution in [2.45, 2.75) is 33.2 Å².